The molecule has 6 nitrogen and oxygen atoms in total. The van der Waals surface area contributed by atoms with Gasteiger partial charge in [-0.2, -0.15) is 0 Å². The first-order valence-corrected chi connectivity index (χ1v) is 1.41. The Balaban J connectivity index is -0.0000000171. The van der Waals surface area contributed by atoms with Crippen molar-refractivity contribution in [2.24, 2.45) is 0 Å². The average molecular weight is 294 g/mol. The largest absolute Gasteiger partial charge is 2.00 e. The minimum absolute atomic E-state index is 0. The van der Waals surface area contributed by atoms with Crippen molar-refractivity contribution in [3.63, 3.8) is 0 Å². The van der Waals surface area contributed by atoms with Crippen molar-refractivity contribution >= 4 is 14.6 Å². The van der Waals surface area contributed by atoms with E-state index in [9.17, 15) is 0 Å². The van der Waals surface area contributed by atoms with E-state index in [1.165, 1.54) is 0 Å². The van der Waals surface area contributed by atoms with Gasteiger partial charge in [0.15, 0.2) is 0 Å². The molecule has 0 unspecified atom stereocenters. The van der Waals surface area contributed by atoms with E-state index in [-0.39, 0.29) is 49.5 Å². The molecular formula is B2Ni3O6. The van der Waals surface area contributed by atoms with Crippen molar-refractivity contribution in [3.8, 4) is 0 Å². The molecule has 0 amide bonds. The first-order valence-electron chi connectivity index (χ1n) is 1.41. The van der Waals surface area contributed by atoms with Crippen LogP contribution < -0.4 is 30.1 Å². The predicted molar refractivity (Wildman–Crippen MR) is 11.5 cm³/mol. The van der Waals surface area contributed by atoms with Gasteiger partial charge in [-0.05, 0) is 0 Å². The minimum atomic E-state index is -2.92. The van der Waals surface area contributed by atoms with Crippen LogP contribution in [0.4, 0.5) is 0 Å². The molecule has 0 aliphatic rings. The number of hydrogen-bond donors (Lipinski definition) is 0. The van der Waals surface area contributed by atoms with Gasteiger partial charge >= 0.3 is 49.5 Å². The smallest absolute Gasteiger partial charge is 0.907 e. The van der Waals surface area contributed by atoms with Crippen molar-refractivity contribution in [2.75, 3.05) is 0 Å². The first kappa shape index (κ1) is 29.4. The predicted octanol–water partition coefficient (Wildman–Crippen LogP) is -7.90. The van der Waals surface area contributed by atoms with Crippen molar-refractivity contribution in [2.45, 2.75) is 0 Å². The Hall–Kier alpha value is 1.37. The normalized spacial score (nSPS) is 4.91. The van der Waals surface area contributed by atoms with Gasteiger partial charge in [-0.15, -0.1) is 0 Å². The molecule has 0 fully saturated rings. The quantitative estimate of drug-likeness (QED) is 0.406. The van der Waals surface area contributed by atoms with Gasteiger partial charge in [-0.3, -0.25) is 14.6 Å². The second-order valence-electron chi connectivity index (χ2n) is 0.577. The molecule has 0 aliphatic carbocycles. The summed E-state index contributed by atoms with van der Waals surface area (Å²) < 4.78 is 0. The fourth-order valence-corrected chi connectivity index (χ4v) is 0. The van der Waals surface area contributed by atoms with Crippen molar-refractivity contribution < 1.29 is 79.6 Å². The van der Waals surface area contributed by atoms with Gasteiger partial charge in [0.2, 0.25) is 0 Å². The fraction of sp³-hybridized carbons (Fsp3) is 0. The van der Waals surface area contributed by atoms with Crippen LogP contribution in [-0.4, -0.2) is 14.6 Å². The molecular weight excluding hydrogens is 294 g/mol. The van der Waals surface area contributed by atoms with Gasteiger partial charge < -0.3 is 30.1 Å². The monoisotopic (exact) mass is 292 g/mol. The summed E-state index contributed by atoms with van der Waals surface area (Å²) in [5, 5.41) is 50.5. The van der Waals surface area contributed by atoms with Gasteiger partial charge in [-0.1, -0.05) is 0 Å². The van der Waals surface area contributed by atoms with Crippen molar-refractivity contribution in [3.05, 3.63) is 0 Å². The molecule has 0 bridgehead atoms. The molecule has 0 radical (unpaired) electrons. The van der Waals surface area contributed by atoms with Crippen molar-refractivity contribution in [1.82, 2.24) is 0 Å². The third-order valence-corrected chi connectivity index (χ3v) is 0. The van der Waals surface area contributed by atoms with Crippen LogP contribution in [0.1, 0.15) is 0 Å². The summed E-state index contributed by atoms with van der Waals surface area (Å²) in [4.78, 5) is 0. The topological polar surface area (TPSA) is 138 Å². The summed E-state index contributed by atoms with van der Waals surface area (Å²) in [6, 6.07) is 0. The molecule has 0 aromatic rings. The van der Waals surface area contributed by atoms with Gasteiger partial charge in [0.05, 0.1) is 0 Å². The maximum absolute atomic E-state index is 8.42. The summed E-state index contributed by atoms with van der Waals surface area (Å²) >= 11 is 0. The summed E-state index contributed by atoms with van der Waals surface area (Å²) in [5.41, 5.74) is 0. The van der Waals surface area contributed by atoms with Crippen LogP contribution in [-0.2, 0) is 49.5 Å². The fourth-order valence-electron chi connectivity index (χ4n) is 0. The molecule has 0 aromatic heterocycles. The Bertz CT molecular complexity index is 31.3. The van der Waals surface area contributed by atoms with Gasteiger partial charge in [0.1, 0.15) is 0 Å². The van der Waals surface area contributed by atoms with Crippen molar-refractivity contribution in [1.29, 1.82) is 0 Å². The summed E-state index contributed by atoms with van der Waals surface area (Å²) in [5.74, 6) is 0. The van der Waals surface area contributed by atoms with Crippen LogP contribution in [0.25, 0.3) is 0 Å². The van der Waals surface area contributed by atoms with Crippen LogP contribution in [0.5, 0.6) is 0 Å². The number of hydrogen-bond acceptors (Lipinski definition) is 6. The summed E-state index contributed by atoms with van der Waals surface area (Å²) in [6.07, 6.45) is 0. The third-order valence-electron chi connectivity index (χ3n) is 0. The van der Waals surface area contributed by atoms with E-state index in [1.807, 2.05) is 0 Å². The number of rotatable bonds is 0. The minimum Gasteiger partial charge on any atom is -0.907 e. The molecule has 0 aromatic carbocycles. The molecule has 0 saturated carbocycles. The van der Waals surface area contributed by atoms with E-state index < -0.39 is 14.6 Å². The molecule has 11 heteroatoms. The summed E-state index contributed by atoms with van der Waals surface area (Å²) in [6.45, 7) is 0. The van der Waals surface area contributed by atoms with Crippen LogP contribution in [0.15, 0.2) is 0 Å². The Morgan fingerprint density at radius 1 is 0.455 bits per heavy atom. The van der Waals surface area contributed by atoms with E-state index in [2.05, 4.69) is 0 Å². The molecule has 11 heavy (non-hydrogen) atoms. The molecule has 0 aliphatic heterocycles. The second kappa shape index (κ2) is 22.5. The molecule has 72 valence electrons. The van der Waals surface area contributed by atoms with E-state index >= 15 is 0 Å². The van der Waals surface area contributed by atoms with Crippen LogP contribution in [0, 0.1) is 0 Å². The zero-order chi connectivity index (χ0) is 7.15. The Kier molecular flexibility index (Phi) is 60.2. The van der Waals surface area contributed by atoms with E-state index in [1.54, 1.807) is 0 Å². The molecule has 0 atom stereocenters. The Labute approximate surface area is 94.1 Å². The van der Waals surface area contributed by atoms with E-state index in [0.717, 1.165) is 0 Å². The average Bonchev–Trinajstić information content (AvgIpc) is 1.25. The standard InChI is InChI=1S/2BO3.3Ni/c2*2-1(3)4;;;/q2*-3;3*+2. The van der Waals surface area contributed by atoms with E-state index in [0.29, 0.717) is 0 Å². The van der Waals surface area contributed by atoms with Crippen LogP contribution in [0.2, 0.25) is 0 Å². The molecule has 0 saturated heterocycles. The maximum atomic E-state index is 8.42. The SMILES string of the molecule is [Ni+2].[Ni+2].[Ni+2].[O-]B([O-])[O-].[O-]B([O-])[O-]. The first-order chi connectivity index (χ1) is 3.46. The van der Waals surface area contributed by atoms with Gasteiger partial charge in [0.25, 0.3) is 0 Å². The molecule has 0 rings (SSSR count). The summed E-state index contributed by atoms with van der Waals surface area (Å²) in [7, 11) is -5.83. The third kappa shape index (κ3) is 532. The zero-order valence-corrected chi connectivity index (χ0v) is 7.52. The Morgan fingerprint density at radius 2 is 0.455 bits per heavy atom. The van der Waals surface area contributed by atoms with Gasteiger partial charge in [-0.25, -0.2) is 0 Å². The van der Waals surface area contributed by atoms with Crippen LogP contribution in [0.3, 0.4) is 0 Å². The Morgan fingerprint density at radius 3 is 0.455 bits per heavy atom. The molecule has 0 N–H and O–H groups in total. The zero-order valence-electron chi connectivity index (χ0n) is 4.55. The second-order valence-corrected chi connectivity index (χ2v) is 0.577. The van der Waals surface area contributed by atoms with Gasteiger partial charge in [0, 0.05) is 0 Å². The van der Waals surface area contributed by atoms with Crippen LogP contribution >= 0.6 is 0 Å². The van der Waals surface area contributed by atoms with E-state index in [4.69, 9.17) is 30.1 Å². The molecule has 0 spiro atoms. The maximum Gasteiger partial charge on any atom is 2.00 e. The molecule has 0 heterocycles.